The summed E-state index contributed by atoms with van der Waals surface area (Å²) in [4.78, 5) is 1.26. The maximum absolute atomic E-state index is 5.78. The van der Waals surface area contributed by atoms with Crippen LogP contribution in [0.4, 0.5) is 0 Å². The van der Waals surface area contributed by atoms with Crippen LogP contribution in [-0.4, -0.2) is 13.1 Å². The second-order valence-electron chi connectivity index (χ2n) is 2.55. The number of halogens is 1. The van der Waals surface area contributed by atoms with Crippen molar-refractivity contribution in [2.45, 2.75) is 0 Å². The fraction of sp³-hybridized carbons (Fsp3) is 0.250. The molecule has 1 N–H and O–H groups in total. The highest BCUT2D eigenvalue weighted by molar-refractivity contribution is 7.17. The number of rotatable bonds is 1. The molecule has 0 saturated carbocycles. The van der Waals surface area contributed by atoms with Crippen molar-refractivity contribution >= 4 is 29.0 Å². The van der Waals surface area contributed by atoms with E-state index >= 15 is 0 Å². The first kappa shape index (κ1) is 7.35. The van der Waals surface area contributed by atoms with Gasteiger partial charge in [0.25, 0.3) is 0 Å². The Labute approximate surface area is 74.7 Å². The maximum atomic E-state index is 5.78. The molecule has 0 atom stereocenters. The van der Waals surface area contributed by atoms with Crippen molar-refractivity contribution in [3.8, 4) is 0 Å². The summed E-state index contributed by atoms with van der Waals surface area (Å²) in [7, 11) is 0. The summed E-state index contributed by atoms with van der Waals surface area (Å²) in [6, 6.07) is 3.99. The topological polar surface area (TPSA) is 12.0 Å². The molecule has 0 aromatic carbocycles. The molecule has 11 heavy (non-hydrogen) atoms. The van der Waals surface area contributed by atoms with E-state index in [9.17, 15) is 0 Å². The summed E-state index contributed by atoms with van der Waals surface area (Å²) in [6.07, 6.45) is 2.20. The highest BCUT2D eigenvalue weighted by Crippen LogP contribution is 2.23. The quantitative estimate of drug-likeness (QED) is 0.709. The zero-order valence-electron chi connectivity index (χ0n) is 5.93. The maximum Gasteiger partial charge on any atom is 0.0934 e. The van der Waals surface area contributed by atoms with Crippen LogP contribution in [0.5, 0.6) is 0 Å². The third kappa shape index (κ3) is 1.64. The first-order valence-electron chi connectivity index (χ1n) is 3.50. The normalized spacial score (nSPS) is 16.3. The van der Waals surface area contributed by atoms with E-state index in [1.807, 2.05) is 6.07 Å². The number of hydrogen-bond acceptors (Lipinski definition) is 2. The molecule has 0 unspecified atom stereocenters. The molecule has 2 rings (SSSR count). The Morgan fingerprint density at radius 1 is 1.45 bits per heavy atom. The molecule has 0 radical (unpaired) electrons. The lowest BCUT2D eigenvalue weighted by Crippen LogP contribution is -2.33. The van der Waals surface area contributed by atoms with Crippen LogP contribution in [0.2, 0.25) is 4.34 Å². The van der Waals surface area contributed by atoms with Crippen molar-refractivity contribution in [1.29, 1.82) is 0 Å². The minimum absolute atomic E-state index is 0.865. The highest BCUT2D eigenvalue weighted by atomic mass is 35.5. The van der Waals surface area contributed by atoms with Gasteiger partial charge in [-0.15, -0.1) is 11.3 Å². The Kier molecular flexibility index (Phi) is 1.98. The molecule has 0 bridgehead atoms. The second-order valence-corrected chi connectivity index (χ2v) is 4.29. The SMILES string of the molecule is Clc1ccc(C=C2CNC2)s1. The largest absolute Gasteiger partial charge is 0.309 e. The predicted octanol–water partition coefficient (Wildman–Crippen LogP) is 2.39. The van der Waals surface area contributed by atoms with Gasteiger partial charge in [-0.2, -0.15) is 0 Å². The van der Waals surface area contributed by atoms with Crippen LogP contribution in [0.3, 0.4) is 0 Å². The average Bonchev–Trinajstić information content (AvgIpc) is 2.27. The van der Waals surface area contributed by atoms with Crippen LogP contribution in [0, 0.1) is 0 Å². The Bertz CT molecular complexity index is 284. The van der Waals surface area contributed by atoms with Gasteiger partial charge in [-0.25, -0.2) is 0 Å². The van der Waals surface area contributed by atoms with Gasteiger partial charge in [0.15, 0.2) is 0 Å². The van der Waals surface area contributed by atoms with Gasteiger partial charge in [-0.05, 0) is 23.8 Å². The van der Waals surface area contributed by atoms with E-state index in [-0.39, 0.29) is 0 Å². The number of nitrogens with one attached hydrogen (secondary N) is 1. The summed E-state index contributed by atoms with van der Waals surface area (Å²) >= 11 is 7.41. The molecule has 0 amide bonds. The summed E-state index contributed by atoms with van der Waals surface area (Å²) in [5.74, 6) is 0. The molecular formula is C8H8ClNS. The summed E-state index contributed by atoms with van der Waals surface area (Å²) in [6.45, 7) is 2.07. The Morgan fingerprint density at radius 3 is 2.73 bits per heavy atom. The molecule has 3 heteroatoms. The standard InChI is InChI=1S/C8H8ClNS/c9-8-2-1-7(11-8)3-6-4-10-5-6/h1-3,10H,4-5H2. The van der Waals surface area contributed by atoms with Crippen LogP contribution in [0.25, 0.3) is 6.08 Å². The van der Waals surface area contributed by atoms with Gasteiger partial charge < -0.3 is 5.32 Å². The lowest BCUT2D eigenvalue weighted by Gasteiger charge is -2.17. The fourth-order valence-corrected chi connectivity index (χ4v) is 2.03. The number of thiophene rings is 1. The highest BCUT2D eigenvalue weighted by Gasteiger charge is 2.06. The van der Waals surface area contributed by atoms with Gasteiger partial charge in [-0.3, -0.25) is 0 Å². The van der Waals surface area contributed by atoms with Gasteiger partial charge in [0.1, 0.15) is 0 Å². The van der Waals surface area contributed by atoms with E-state index in [4.69, 9.17) is 11.6 Å². The third-order valence-electron chi connectivity index (χ3n) is 1.64. The summed E-state index contributed by atoms with van der Waals surface area (Å²) in [5, 5.41) is 3.19. The zero-order chi connectivity index (χ0) is 7.68. The lowest BCUT2D eigenvalue weighted by molar-refractivity contribution is 0.675. The first-order valence-corrected chi connectivity index (χ1v) is 4.69. The van der Waals surface area contributed by atoms with Gasteiger partial charge in [0.05, 0.1) is 4.34 Å². The van der Waals surface area contributed by atoms with Crippen LogP contribution in [0.15, 0.2) is 17.7 Å². The molecule has 1 aliphatic heterocycles. The van der Waals surface area contributed by atoms with Gasteiger partial charge >= 0.3 is 0 Å². The summed E-state index contributed by atoms with van der Waals surface area (Å²) in [5.41, 5.74) is 1.46. The minimum Gasteiger partial charge on any atom is -0.309 e. The van der Waals surface area contributed by atoms with E-state index in [0.29, 0.717) is 0 Å². The molecule has 1 aromatic heterocycles. The lowest BCUT2D eigenvalue weighted by atomic mass is 10.1. The predicted molar refractivity (Wildman–Crippen MR) is 50.2 cm³/mol. The van der Waals surface area contributed by atoms with E-state index in [1.165, 1.54) is 10.5 Å². The van der Waals surface area contributed by atoms with E-state index in [0.717, 1.165) is 17.4 Å². The summed E-state index contributed by atoms with van der Waals surface area (Å²) < 4.78 is 0.865. The molecule has 2 heterocycles. The van der Waals surface area contributed by atoms with Crippen molar-refractivity contribution in [1.82, 2.24) is 5.32 Å². The molecule has 0 aliphatic carbocycles. The van der Waals surface area contributed by atoms with Crippen LogP contribution < -0.4 is 5.32 Å². The first-order chi connectivity index (χ1) is 5.34. The van der Waals surface area contributed by atoms with Crippen LogP contribution in [0.1, 0.15) is 4.88 Å². The minimum atomic E-state index is 0.865. The molecule has 1 fully saturated rings. The van der Waals surface area contributed by atoms with Gasteiger partial charge in [-0.1, -0.05) is 11.6 Å². The van der Waals surface area contributed by atoms with E-state index < -0.39 is 0 Å². The smallest absolute Gasteiger partial charge is 0.0934 e. The zero-order valence-corrected chi connectivity index (χ0v) is 7.50. The monoisotopic (exact) mass is 185 g/mol. The molecule has 58 valence electrons. The van der Waals surface area contributed by atoms with Crippen molar-refractivity contribution in [3.63, 3.8) is 0 Å². The van der Waals surface area contributed by atoms with Crippen molar-refractivity contribution in [3.05, 3.63) is 26.9 Å². The van der Waals surface area contributed by atoms with Gasteiger partial charge in [0, 0.05) is 18.0 Å². The molecule has 1 aliphatic rings. The van der Waals surface area contributed by atoms with Crippen molar-refractivity contribution in [2.24, 2.45) is 0 Å². The Morgan fingerprint density at radius 2 is 2.27 bits per heavy atom. The third-order valence-corrected chi connectivity index (χ3v) is 2.82. The Balaban J connectivity index is 2.17. The second kappa shape index (κ2) is 2.97. The van der Waals surface area contributed by atoms with E-state index in [2.05, 4.69) is 17.5 Å². The van der Waals surface area contributed by atoms with Crippen molar-refractivity contribution < 1.29 is 0 Å². The van der Waals surface area contributed by atoms with E-state index in [1.54, 1.807) is 11.3 Å². The molecule has 1 aromatic rings. The average molecular weight is 186 g/mol. The molecule has 1 saturated heterocycles. The van der Waals surface area contributed by atoms with Gasteiger partial charge in [0.2, 0.25) is 0 Å². The molecule has 1 nitrogen and oxygen atoms in total. The van der Waals surface area contributed by atoms with Crippen LogP contribution in [-0.2, 0) is 0 Å². The molecular weight excluding hydrogens is 178 g/mol. The van der Waals surface area contributed by atoms with Crippen molar-refractivity contribution in [2.75, 3.05) is 13.1 Å². The Hall–Kier alpha value is -0.310. The molecule has 0 spiro atoms. The fourth-order valence-electron chi connectivity index (χ4n) is 0.978. The van der Waals surface area contributed by atoms with Crippen LogP contribution >= 0.6 is 22.9 Å². The number of hydrogen-bond donors (Lipinski definition) is 1.